The van der Waals surface area contributed by atoms with E-state index < -0.39 is 29.2 Å². The van der Waals surface area contributed by atoms with Crippen molar-refractivity contribution in [1.29, 1.82) is 0 Å². The van der Waals surface area contributed by atoms with Crippen LogP contribution in [0.15, 0.2) is 0 Å². The lowest BCUT2D eigenvalue weighted by Crippen LogP contribution is -2.12. The van der Waals surface area contributed by atoms with Crippen molar-refractivity contribution in [2.75, 3.05) is 11.9 Å². The van der Waals surface area contributed by atoms with Gasteiger partial charge in [-0.3, -0.25) is 0 Å². The van der Waals surface area contributed by atoms with Crippen LogP contribution in [0.5, 0.6) is 0 Å². The number of halogens is 4. The number of hydrogen-bond donors (Lipinski definition) is 1. The van der Waals surface area contributed by atoms with Gasteiger partial charge in [0, 0.05) is 6.54 Å². The maximum Gasteiger partial charge on any atom is 0.253 e. The lowest BCUT2D eigenvalue weighted by atomic mass is 10.3. The molecule has 6 heteroatoms. The van der Waals surface area contributed by atoms with E-state index in [1.807, 2.05) is 6.92 Å². The molecule has 1 heterocycles. The van der Waals surface area contributed by atoms with Crippen LogP contribution in [0.1, 0.15) is 13.3 Å². The normalized spacial score (nSPS) is 23.3. The van der Waals surface area contributed by atoms with Crippen LogP contribution in [0.2, 0.25) is 0 Å². The molecule has 1 aliphatic carbocycles. The van der Waals surface area contributed by atoms with E-state index in [2.05, 4.69) is 10.3 Å². The van der Waals surface area contributed by atoms with Gasteiger partial charge in [0.05, 0.1) is 0 Å². The maximum atomic E-state index is 13.1. The summed E-state index contributed by atoms with van der Waals surface area (Å²) in [6, 6.07) is 0. The van der Waals surface area contributed by atoms with Crippen LogP contribution in [-0.4, -0.2) is 11.5 Å². The second kappa shape index (κ2) is 3.92. The van der Waals surface area contributed by atoms with Gasteiger partial charge in [-0.15, -0.1) is 0 Å². The van der Waals surface area contributed by atoms with Crippen molar-refractivity contribution in [3.8, 4) is 0 Å². The summed E-state index contributed by atoms with van der Waals surface area (Å²) < 4.78 is 51.6. The van der Waals surface area contributed by atoms with Crippen LogP contribution in [0.4, 0.5) is 23.2 Å². The third-order valence-electron chi connectivity index (χ3n) is 2.81. The standard InChI is InChI=1S/C10H10F4N2/c1-4-2-5(4)3-15-8-6(11)9(13)16-10(14)7(8)12/h4-5H,2-3H2,1H3,(H,15,16). The Labute approximate surface area is 89.7 Å². The minimum Gasteiger partial charge on any atom is -0.380 e. The summed E-state index contributed by atoms with van der Waals surface area (Å²) in [4.78, 5) is 2.47. The lowest BCUT2D eigenvalue weighted by Gasteiger charge is -2.08. The number of rotatable bonds is 3. The molecule has 1 N–H and O–H groups in total. The first kappa shape index (κ1) is 11.2. The van der Waals surface area contributed by atoms with Crippen molar-refractivity contribution >= 4 is 5.69 Å². The van der Waals surface area contributed by atoms with E-state index in [1.165, 1.54) is 0 Å². The Bertz CT molecular complexity index is 396. The average molecular weight is 234 g/mol. The SMILES string of the molecule is CC1CC1CNc1c(F)c(F)nc(F)c1F. The van der Waals surface area contributed by atoms with E-state index in [0.29, 0.717) is 18.4 Å². The molecule has 1 aliphatic rings. The summed E-state index contributed by atoms with van der Waals surface area (Å²) in [7, 11) is 0. The van der Waals surface area contributed by atoms with Gasteiger partial charge in [0.1, 0.15) is 5.69 Å². The van der Waals surface area contributed by atoms with Gasteiger partial charge in [-0.25, -0.2) is 0 Å². The molecule has 0 radical (unpaired) electrons. The van der Waals surface area contributed by atoms with Crippen LogP contribution in [0.3, 0.4) is 0 Å². The molecule has 2 rings (SSSR count). The number of pyridine rings is 1. The number of nitrogens with zero attached hydrogens (tertiary/aromatic N) is 1. The maximum absolute atomic E-state index is 13.1. The van der Waals surface area contributed by atoms with E-state index in [0.717, 1.165) is 6.42 Å². The summed E-state index contributed by atoms with van der Waals surface area (Å²) in [6.45, 7) is 2.30. The highest BCUT2D eigenvalue weighted by Crippen LogP contribution is 2.38. The topological polar surface area (TPSA) is 24.9 Å². The quantitative estimate of drug-likeness (QED) is 0.642. The second-order valence-electron chi connectivity index (χ2n) is 4.05. The zero-order valence-corrected chi connectivity index (χ0v) is 8.53. The molecule has 16 heavy (non-hydrogen) atoms. The first-order valence-electron chi connectivity index (χ1n) is 4.94. The molecule has 2 unspecified atom stereocenters. The third kappa shape index (κ3) is 1.96. The molecular formula is C10H10F4N2. The molecular weight excluding hydrogens is 224 g/mol. The Morgan fingerprint density at radius 2 is 1.69 bits per heavy atom. The van der Waals surface area contributed by atoms with Crippen molar-refractivity contribution < 1.29 is 17.6 Å². The summed E-state index contributed by atoms with van der Waals surface area (Å²) in [5.74, 6) is -5.44. The average Bonchev–Trinajstić information content (AvgIpc) is 2.92. The summed E-state index contributed by atoms with van der Waals surface area (Å²) >= 11 is 0. The van der Waals surface area contributed by atoms with Crippen LogP contribution in [0, 0.1) is 35.4 Å². The summed E-state index contributed by atoms with van der Waals surface area (Å²) in [5, 5.41) is 2.39. The van der Waals surface area contributed by atoms with Gasteiger partial charge >= 0.3 is 0 Å². The highest BCUT2D eigenvalue weighted by molar-refractivity contribution is 5.45. The predicted octanol–water partition coefficient (Wildman–Crippen LogP) is 2.71. The Balaban J connectivity index is 2.18. The Morgan fingerprint density at radius 3 is 2.12 bits per heavy atom. The van der Waals surface area contributed by atoms with Gasteiger partial charge in [0.25, 0.3) is 11.9 Å². The van der Waals surface area contributed by atoms with Crippen molar-refractivity contribution in [2.45, 2.75) is 13.3 Å². The van der Waals surface area contributed by atoms with E-state index >= 15 is 0 Å². The second-order valence-corrected chi connectivity index (χ2v) is 4.05. The summed E-state index contributed by atoms with van der Waals surface area (Å²) in [5.41, 5.74) is -0.774. The molecule has 1 saturated carbocycles. The summed E-state index contributed by atoms with van der Waals surface area (Å²) in [6.07, 6.45) is 0.951. The van der Waals surface area contributed by atoms with Gasteiger partial charge in [-0.05, 0) is 18.3 Å². The Hall–Kier alpha value is -1.33. The highest BCUT2D eigenvalue weighted by Gasteiger charge is 2.33. The van der Waals surface area contributed by atoms with Gasteiger partial charge < -0.3 is 5.32 Å². The zero-order chi connectivity index (χ0) is 11.9. The number of nitrogens with one attached hydrogen (secondary N) is 1. The fraction of sp³-hybridized carbons (Fsp3) is 0.500. The van der Waals surface area contributed by atoms with E-state index in [9.17, 15) is 17.6 Å². The molecule has 0 aliphatic heterocycles. The van der Waals surface area contributed by atoms with Crippen molar-refractivity contribution in [3.05, 3.63) is 23.5 Å². The molecule has 0 aromatic carbocycles. The molecule has 1 fully saturated rings. The minimum atomic E-state index is -1.63. The molecule has 0 amide bonds. The van der Waals surface area contributed by atoms with Gasteiger partial charge in [0.2, 0.25) is 11.6 Å². The van der Waals surface area contributed by atoms with Gasteiger partial charge in [-0.1, -0.05) is 6.92 Å². The third-order valence-corrected chi connectivity index (χ3v) is 2.81. The fourth-order valence-corrected chi connectivity index (χ4v) is 1.56. The molecule has 1 aromatic heterocycles. The Morgan fingerprint density at radius 1 is 1.19 bits per heavy atom. The largest absolute Gasteiger partial charge is 0.380 e. The first-order valence-corrected chi connectivity index (χ1v) is 4.94. The first-order chi connectivity index (χ1) is 7.50. The lowest BCUT2D eigenvalue weighted by molar-refractivity contribution is 0.410. The van der Waals surface area contributed by atoms with Crippen LogP contribution in [-0.2, 0) is 0 Å². The van der Waals surface area contributed by atoms with Crippen molar-refractivity contribution in [3.63, 3.8) is 0 Å². The van der Waals surface area contributed by atoms with E-state index in [4.69, 9.17) is 0 Å². The van der Waals surface area contributed by atoms with Crippen LogP contribution < -0.4 is 5.32 Å². The van der Waals surface area contributed by atoms with Crippen LogP contribution >= 0.6 is 0 Å². The monoisotopic (exact) mass is 234 g/mol. The van der Waals surface area contributed by atoms with Crippen molar-refractivity contribution in [2.24, 2.45) is 11.8 Å². The molecule has 88 valence electrons. The molecule has 2 nitrogen and oxygen atoms in total. The minimum absolute atomic E-state index is 0.303. The smallest absolute Gasteiger partial charge is 0.253 e. The van der Waals surface area contributed by atoms with Gasteiger partial charge in [-0.2, -0.15) is 22.5 Å². The fourth-order valence-electron chi connectivity index (χ4n) is 1.56. The van der Waals surface area contributed by atoms with E-state index in [-0.39, 0.29) is 0 Å². The van der Waals surface area contributed by atoms with Crippen molar-refractivity contribution in [1.82, 2.24) is 4.98 Å². The number of aromatic nitrogens is 1. The predicted molar refractivity (Wildman–Crippen MR) is 49.8 cm³/mol. The number of anilines is 1. The molecule has 0 bridgehead atoms. The highest BCUT2D eigenvalue weighted by atomic mass is 19.2. The molecule has 0 spiro atoms. The molecule has 1 aromatic rings. The molecule has 0 saturated heterocycles. The molecule has 2 atom stereocenters. The zero-order valence-electron chi connectivity index (χ0n) is 8.53. The number of hydrogen-bond acceptors (Lipinski definition) is 2. The Kier molecular flexibility index (Phi) is 2.73. The van der Waals surface area contributed by atoms with Gasteiger partial charge in [0.15, 0.2) is 0 Å². The van der Waals surface area contributed by atoms with E-state index in [1.54, 1.807) is 0 Å². The van der Waals surface area contributed by atoms with Crippen LogP contribution in [0.25, 0.3) is 0 Å².